The molecule has 7 saturated heterocycles. The fourth-order valence-electron chi connectivity index (χ4n) is 19.7. The normalized spacial score (nSPS) is 54.4. The molecule has 33 nitrogen and oxygen atoms in total. The van der Waals surface area contributed by atoms with E-state index in [2.05, 4.69) is 54.5 Å². The second-order valence-corrected chi connectivity index (χ2v) is 32.9. The molecule has 0 bridgehead atoms. The maximum absolute atomic E-state index is 15.7. The molecule has 0 unspecified atom stereocenters. The van der Waals surface area contributed by atoms with Crippen molar-refractivity contribution in [3.05, 3.63) is 11.6 Å². The molecule has 0 aromatic carbocycles. The van der Waals surface area contributed by atoms with Crippen LogP contribution < -0.4 is 0 Å². The van der Waals surface area contributed by atoms with E-state index in [0.717, 1.165) is 12.8 Å². The highest BCUT2D eigenvalue weighted by Crippen LogP contribution is 2.76. The maximum Gasteiger partial charge on any atom is 0.315 e. The van der Waals surface area contributed by atoms with Gasteiger partial charge in [0.15, 0.2) is 43.8 Å². The summed E-state index contributed by atoms with van der Waals surface area (Å²) < 4.78 is 83.0. The van der Waals surface area contributed by atoms with E-state index in [-0.39, 0.29) is 34.0 Å². The molecule has 0 aromatic heterocycles. The van der Waals surface area contributed by atoms with Gasteiger partial charge in [0, 0.05) is 0 Å². The summed E-state index contributed by atoms with van der Waals surface area (Å²) in [7, 11) is 0. The van der Waals surface area contributed by atoms with Crippen molar-refractivity contribution in [1.82, 2.24) is 0 Å². The molecular weight excluding hydrogens is 1340 g/mol. The van der Waals surface area contributed by atoms with Crippen molar-refractivity contribution in [3.63, 3.8) is 0 Å². The zero-order valence-corrected chi connectivity index (χ0v) is 58.3. The van der Waals surface area contributed by atoms with Gasteiger partial charge in [-0.3, -0.25) is 4.79 Å². The number of allylic oxidation sites excluding steroid dienone is 2. The van der Waals surface area contributed by atoms with Crippen LogP contribution in [0.3, 0.4) is 0 Å². The summed E-state index contributed by atoms with van der Waals surface area (Å²) in [6.07, 6.45) is -42.6. The summed E-state index contributed by atoms with van der Waals surface area (Å²) in [6, 6.07) is 0. The summed E-state index contributed by atoms with van der Waals surface area (Å²) >= 11 is 0. The first-order valence-electron chi connectivity index (χ1n) is 35.8. The predicted octanol–water partition coefficient (Wildman–Crippen LogP) is -4.98. The smallest absolute Gasteiger partial charge is 0.315 e. The lowest BCUT2D eigenvalue weighted by molar-refractivity contribution is -0.379. The van der Waals surface area contributed by atoms with Crippen LogP contribution in [0.25, 0.3) is 0 Å². The number of carbonyl (C=O) groups is 1. The third-order valence-electron chi connectivity index (χ3n) is 26.1. The van der Waals surface area contributed by atoms with Gasteiger partial charge in [-0.05, 0) is 116 Å². The first-order chi connectivity index (χ1) is 47.4. The van der Waals surface area contributed by atoms with Crippen LogP contribution in [0.2, 0.25) is 0 Å². The van der Waals surface area contributed by atoms with Gasteiger partial charge in [-0.25, -0.2) is 0 Å². The van der Waals surface area contributed by atoms with Crippen LogP contribution in [-0.2, 0) is 71.1 Å². The molecule has 0 spiro atoms. The van der Waals surface area contributed by atoms with Gasteiger partial charge >= 0.3 is 5.97 Å². The maximum atomic E-state index is 15.7. The Kier molecular flexibility index (Phi) is 23.1. The van der Waals surface area contributed by atoms with E-state index in [1.807, 2.05) is 0 Å². The molecule has 33 heteroatoms. The molecule has 12 aliphatic rings. The Morgan fingerprint density at radius 1 is 0.465 bits per heavy atom. The molecule has 0 aromatic rings. The van der Waals surface area contributed by atoms with Crippen molar-refractivity contribution in [2.75, 3.05) is 39.6 Å². The van der Waals surface area contributed by atoms with Crippen LogP contribution in [0.15, 0.2) is 11.6 Å². The number of hydrogen-bond acceptors (Lipinski definition) is 33. The first kappa shape index (κ1) is 78.5. The highest BCUT2D eigenvalue weighted by atomic mass is 16.8. The number of aliphatic hydroxyl groups is 18. The number of fused-ring (bicyclic) bond motifs is 7. The van der Waals surface area contributed by atoms with Crippen molar-refractivity contribution in [1.29, 1.82) is 0 Å². The van der Waals surface area contributed by atoms with E-state index in [0.29, 0.717) is 51.4 Å². The average molecular weight is 1460 g/mol. The van der Waals surface area contributed by atoms with E-state index in [1.165, 1.54) is 12.5 Å². The van der Waals surface area contributed by atoms with Crippen LogP contribution in [0.5, 0.6) is 0 Å². The van der Waals surface area contributed by atoms with Gasteiger partial charge in [0.05, 0.1) is 57.3 Å². The quantitative estimate of drug-likeness (QED) is 0.0391. The van der Waals surface area contributed by atoms with E-state index in [9.17, 15) is 91.9 Å². The standard InChI is InChI=1S/C68H110O33/c1-26-51(97-57-50(86)52(32(73)24-90-57)98-55-46(82)38(74)29(70)21-88-55)45(81)49(85)58(93-26)100-54-44(80)41(77)33(20-69)94-61(54)101-62(87)68-17-15-63(2,3)19-28(68)27-9-10-36-65(6)13-12-37(64(4,5)35(65)11-14-67(36,8)66(27,7)16-18-68)96-59-48(84)43(79)42(78)34(95-59)25-92-60-53(40(76)31(72)23-91-60)99-56-47(83)39(75)30(71)22-89-56/h9,26,28-61,69-86H,10-25H2,1-8H3/t26-,28-,29+,30+,31-,32+,33+,34+,35-,36+,37-,38-,39-,40-,41+,42+,43-,44-,45-,46+,47+,48+,49+,50+,51-,52-,53+,54+,55-,56-,57-,58-,59-,60-,61-,65-,66+,67+,68-/m0/s1. The number of ether oxygens (including phenoxy) is 14. The molecule has 18 N–H and O–H groups in total. The van der Waals surface area contributed by atoms with Crippen molar-refractivity contribution in [2.24, 2.45) is 50.2 Å². The van der Waals surface area contributed by atoms with Crippen LogP contribution in [0, 0.1) is 50.2 Å². The minimum Gasteiger partial charge on any atom is -0.432 e. The van der Waals surface area contributed by atoms with Crippen molar-refractivity contribution in [3.8, 4) is 0 Å². The molecule has 101 heavy (non-hydrogen) atoms. The van der Waals surface area contributed by atoms with Crippen LogP contribution >= 0.6 is 0 Å². The van der Waals surface area contributed by atoms with Crippen molar-refractivity contribution in [2.45, 2.75) is 316 Å². The lowest BCUT2D eigenvalue weighted by atomic mass is 9.33. The van der Waals surface area contributed by atoms with Gasteiger partial charge in [-0.2, -0.15) is 0 Å². The minimum atomic E-state index is -2.00. The Labute approximate surface area is 584 Å². The van der Waals surface area contributed by atoms with Crippen LogP contribution in [0.4, 0.5) is 0 Å². The van der Waals surface area contributed by atoms with Crippen molar-refractivity contribution >= 4 is 5.97 Å². The summed E-state index contributed by atoms with van der Waals surface area (Å²) in [5.74, 6) is -0.766. The first-order valence-corrected chi connectivity index (χ1v) is 35.8. The fraction of sp³-hybridized carbons (Fsp3) is 0.956. The van der Waals surface area contributed by atoms with Crippen LogP contribution in [0.1, 0.15) is 120 Å². The summed E-state index contributed by atoms with van der Waals surface area (Å²) in [6.45, 7) is 14.1. The van der Waals surface area contributed by atoms with Gasteiger partial charge in [0.1, 0.15) is 134 Å². The molecule has 4 saturated carbocycles. The Hall–Kier alpha value is -2.03. The Bertz CT molecular complexity index is 2860. The van der Waals surface area contributed by atoms with Gasteiger partial charge < -0.3 is 158 Å². The Balaban J connectivity index is 0.717. The highest BCUT2D eigenvalue weighted by molar-refractivity contribution is 5.79. The third-order valence-corrected chi connectivity index (χ3v) is 26.1. The molecule has 7 aliphatic heterocycles. The third kappa shape index (κ3) is 14.0. The van der Waals surface area contributed by atoms with E-state index >= 15 is 4.79 Å². The SMILES string of the molecule is C[C@@H]1O[C@@H](O[C@H]2[C@H](OC(=O)[C@]34CCC(C)(C)C[C@H]3C3=CC[C@@H]5[C@@]6(C)CC[C@H](O[C@@H]7O[C@H](CO[C@@H]8OC[C@H](O)[C@H](O)[C@H]8O[C@@H]8OC[C@@H](O)[C@H](O)[C@H]8O)[C@@H](O)[C@H](O)[C@H]7O)C(C)(C)[C@@H]6CC[C@@]5(C)[C@]3(C)CC4)O[C@H](CO)[C@@H](O)[C@@H]2O)[C@H](O)[C@H](O)[C@H]1O[C@@H]1OC[C@@H](O)[C@H](O[C@@H]2OC[C@@H](O)[C@H](O)[C@H]2O)[C@H]1O. The van der Waals surface area contributed by atoms with Gasteiger partial charge in [0.2, 0.25) is 6.29 Å². The zero-order chi connectivity index (χ0) is 73.3. The van der Waals surface area contributed by atoms with Crippen molar-refractivity contribution < 1.29 is 163 Å². The number of hydrogen-bond donors (Lipinski definition) is 18. The fourth-order valence-corrected chi connectivity index (χ4v) is 19.7. The lowest BCUT2D eigenvalue weighted by Gasteiger charge is -2.71. The number of esters is 1. The van der Waals surface area contributed by atoms with E-state index < -0.39 is 258 Å². The van der Waals surface area contributed by atoms with Gasteiger partial charge in [-0.15, -0.1) is 0 Å². The number of rotatable bonds is 16. The molecule has 12 rings (SSSR count). The second-order valence-electron chi connectivity index (χ2n) is 32.9. The molecule has 39 atom stereocenters. The molecule has 0 radical (unpaired) electrons. The minimum absolute atomic E-state index is 0.0682. The topological polar surface area (TPSA) is 510 Å². The van der Waals surface area contributed by atoms with Gasteiger partial charge in [-0.1, -0.05) is 60.1 Å². The molecular formula is C68H110O33. The molecule has 5 aliphatic carbocycles. The van der Waals surface area contributed by atoms with Gasteiger partial charge in [0.25, 0.3) is 0 Å². The molecule has 0 amide bonds. The second kappa shape index (κ2) is 29.8. The van der Waals surface area contributed by atoms with E-state index in [1.54, 1.807) is 0 Å². The molecule has 7 heterocycles. The zero-order valence-electron chi connectivity index (χ0n) is 58.3. The summed E-state index contributed by atoms with van der Waals surface area (Å²) in [5.41, 5.74) is -1.73. The summed E-state index contributed by atoms with van der Waals surface area (Å²) in [4.78, 5) is 15.7. The van der Waals surface area contributed by atoms with Crippen LogP contribution in [-0.4, -0.2) is 334 Å². The predicted molar refractivity (Wildman–Crippen MR) is 335 cm³/mol. The lowest BCUT2D eigenvalue weighted by Crippen LogP contribution is -2.67. The van der Waals surface area contributed by atoms with E-state index in [4.69, 9.17) is 66.3 Å². The molecule has 11 fully saturated rings. The Morgan fingerprint density at radius 3 is 1.61 bits per heavy atom. The Morgan fingerprint density at radius 2 is 0.970 bits per heavy atom. The summed E-state index contributed by atoms with van der Waals surface area (Å²) in [5, 5.41) is 196. The monoisotopic (exact) mass is 1450 g/mol. The highest BCUT2D eigenvalue weighted by Gasteiger charge is 2.71. The molecule has 580 valence electrons. The number of carbonyl (C=O) groups excluding carboxylic acids is 1. The largest absolute Gasteiger partial charge is 0.432 e. The number of aliphatic hydroxyl groups excluding tert-OH is 18. The average Bonchev–Trinajstić information content (AvgIpc) is 0.675.